The third kappa shape index (κ3) is 17.5. The lowest BCUT2D eigenvalue weighted by Gasteiger charge is -2.02. The lowest BCUT2D eigenvalue weighted by Crippen LogP contribution is -1.93. The van der Waals surface area contributed by atoms with Gasteiger partial charge in [-0.1, -0.05) is 84.0 Å². The summed E-state index contributed by atoms with van der Waals surface area (Å²) in [4.78, 5) is 10.3. The molecule has 1 radical (unpaired) electrons. The van der Waals surface area contributed by atoms with Crippen LogP contribution in [0.5, 0.6) is 0 Å². The van der Waals surface area contributed by atoms with Gasteiger partial charge in [-0.25, -0.2) is 0 Å². The minimum Gasteiger partial charge on any atom is -0.481 e. The third-order valence-electron chi connectivity index (χ3n) is 3.56. The molecule has 0 aliphatic rings. The molecule has 0 aliphatic heterocycles. The maximum atomic E-state index is 10.3. The van der Waals surface area contributed by atoms with Crippen molar-refractivity contribution >= 4 is 5.97 Å². The van der Waals surface area contributed by atoms with Gasteiger partial charge in [0.15, 0.2) is 0 Å². The van der Waals surface area contributed by atoms with Gasteiger partial charge < -0.3 is 5.11 Å². The molecule has 0 aliphatic carbocycles. The van der Waals surface area contributed by atoms with Crippen LogP contribution in [0.2, 0.25) is 0 Å². The van der Waals surface area contributed by atoms with Crippen LogP contribution in [0.3, 0.4) is 0 Å². The quantitative estimate of drug-likeness (QED) is 0.384. The van der Waals surface area contributed by atoms with Gasteiger partial charge in [0.05, 0.1) is 0 Å². The molecule has 2 heteroatoms. The van der Waals surface area contributed by atoms with Crippen molar-refractivity contribution in [2.24, 2.45) is 0 Å². The van der Waals surface area contributed by atoms with Gasteiger partial charge in [0.1, 0.15) is 0 Å². The van der Waals surface area contributed by atoms with Crippen molar-refractivity contribution in [1.82, 2.24) is 0 Å². The SMILES string of the molecule is CCCCC[CH]CCCCCCCCCCC(=O)O. The first-order valence-electron chi connectivity index (χ1n) is 8.30. The molecule has 0 unspecified atom stereocenters. The molecule has 0 atom stereocenters. The number of hydrogen-bond donors (Lipinski definition) is 1. The number of carboxylic acid groups (broad SMARTS) is 1. The summed E-state index contributed by atoms with van der Waals surface area (Å²) >= 11 is 0. The Hall–Kier alpha value is -0.530. The fourth-order valence-corrected chi connectivity index (χ4v) is 2.31. The molecule has 0 saturated carbocycles. The lowest BCUT2D eigenvalue weighted by atomic mass is 10.0. The molecule has 0 bridgehead atoms. The molecule has 0 aromatic heterocycles. The predicted molar refractivity (Wildman–Crippen MR) is 82.2 cm³/mol. The highest BCUT2D eigenvalue weighted by Crippen LogP contribution is 2.12. The maximum absolute atomic E-state index is 10.3. The van der Waals surface area contributed by atoms with E-state index in [1.54, 1.807) is 0 Å². The maximum Gasteiger partial charge on any atom is 0.303 e. The summed E-state index contributed by atoms with van der Waals surface area (Å²) in [6, 6.07) is 0. The summed E-state index contributed by atoms with van der Waals surface area (Å²) in [6.07, 6.45) is 19.3. The van der Waals surface area contributed by atoms with Gasteiger partial charge in [0.25, 0.3) is 0 Å². The smallest absolute Gasteiger partial charge is 0.303 e. The number of carboxylic acids is 1. The van der Waals surface area contributed by atoms with Gasteiger partial charge in [-0.15, -0.1) is 0 Å². The van der Waals surface area contributed by atoms with Crippen LogP contribution < -0.4 is 0 Å². The Morgan fingerprint density at radius 3 is 1.79 bits per heavy atom. The molecule has 0 rings (SSSR count). The van der Waals surface area contributed by atoms with E-state index >= 15 is 0 Å². The Morgan fingerprint density at radius 2 is 1.26 bits per heavy atom. The van der Waals surface area contributed by atoms with Crippen molar-refractivity contribution in [3.63, 3.8) is 0 Å². The van der Waals surface area contributed by atoms with Crippen LogP contribution in [0, 0.1) is 6.42 Å². The molecule has 1 N–H and O–H groups in total. The largest absolute Gasteiger partial charge is 0.481 e. The number of rotatable bonds is 15. The Labute approximate surface area is 120 Å². The Bertz CT molecular complexity index is 190. The number of carbonyl (C=O) groups is 1. The molecule has 0 aromatic rings. The highest BCUT2D eigenvalue weighted by atomic mass is 16.4. The zero-order valence-electron chi connectivity index (χ0n) is 12.8. The molecule has 0 saturated heterocycles. The topological polar surface area (TPSA) is 37.3 Å². The summed E-state index contributed by atoms with van der Waals surface area (Å²) in [7, 11) is 0. The number of aliphatic carboxylic acids is 1. The lowest BCUT2D eigenvalue weighted by molar-refractivity contribution is -0.137. The van der Waals surface area contributed by atoms with E-state index < -0.39 is 5.97 Å². The van der Waals surface area contributed by atoms with E-state index in [0.717, 1.165) is 12.8 Å². The first-order valence-corrected chi connectivity index (χ1v) is 8.30. The van der Waals surface area contributed by atoms with Crippen LogP contribution in [0.25, 0.3) is 0 Å². The van der Waals surface area contributed by atoms with Crippen LogP contribution in [-0.4, -0.2) is 11.1 Å². The van der Waals surface area contributed by atoms with Gasteiger partial charge in [-0.3, -0.25) is 4.79 Å². The normalized spacial score (nSPS) is 10.8. The highest BCUT2D eigenvalue weighted by Gasteiger charge is 1.96. The zero-order chi connectivity index (χ0) is 14.2. The number of hydrogen-bond acceptors (Lipinski definition) is 1. The zero-order valence-corrected chi connectivity index (χ0v) is 12.8. The van der Waals surface area contributed by atoms with Gasteiger partial charge in [0, 0.05) is 6.42 Å². The Balaban J connectivity index is 2.93. The van der Waals surface area contributed by atoms with E-state index in [9.17, 15) is 4.79 Å². The minimum absolute atomic E-state index is 0.341. The predicted octanol–water partition coefficient (Wildman–Crippen LogP) is 5.76. The van der Waals surface area contributed by atoms with E-state index in [-0.39, 0.29) is 0 Å². The summed E-state index contributed by atoms with van der Waals surface area (Å²) in [5.74, 6) is -0.657. The standard InChI is InChI=1S/C17H33O2/c1-2-3-4-5-6-7-8-9-10-11-12-13-14-15-16-17(18)19/h6H,2-5,7-16H2,1H3,(H,18,19). The summed E-state index contributed by atoms with van der Waals surface area (Å²) in [5, 5.41) is 8.50. The second kappa shape index (κ2) is 15.5. The van der Waals surface area contributed by atoms with Crippen LogP contribution in [0.1, 0.15) is 96.8 Å². The first-order chi connectivity index (χ1) is 9.27. The average molecular weight is 269 g/mol. The fourth-order valence-electron chi connectivity index (χ4n) is 2.31. The molecular weight excluding hydrogens is 236 g/mol. The second-order valence-corrected chi connectivity index (χ2v) is 5.55. The molecule has 0 fully saturated rings. The molecule has 0 heterocycles. The third-order valence-corrected chi connectivity index (χ3v) is 3.56. The van der Waals surface area contributed by atoms with E-state index in [1.807, 2.05) is 0 Å². The van der Waals surface area contributed by atoms with Crippen molar-refractivity contribution < 1.29 is 9.90 Å². The first kappa shape index (κ1) is 18.5. The molecule has 0 spiro atoms. The average Bonchev–Trinajstić information content (AvgIpc) is 2.39. The van der Waals surface area contributed by atoms with Crippen LogP contribution in [0.15, 0.2) is 0 Å². The van der Waals surface area contributed by atoms with Crippen LogP contribution in [0.4, 0.5) is 0 Å². The van der Waals surface area contributed by atoms with Gasteiger partial charge in [-0.2, -0.15) is 0 Å². The van der Waals surface area contributed by atoms with E-state index in [0.29, 0.717) is 6.42 Å². The molecular formula is C17H33O2. The van der Waals surface area contributed by atoms with Gasteiger partial charge >= 0.3 is 5.97 Å². The van der Waals surface area contributed by atoms with Gasteiger partial charge in [0.2, 0.25) is 0 Å². The van der Waals surface area contributed by atoms with Crippen molar-refractivity contribution in [1.29, 1.82) is 0 Å². The second-order valence-electron chi connectivity index (χ2n) is 5.55. The molecule has 0 aromatic carbocycles. The van der Waals surface area contributed by atoms with Gasteiger partial charge in [-0.05, 0) is 12.8 Å². The molecule has 113 valence electrons. The number of unbranched alkanes of at least 4 members (excludes halogenated alkanes) is 13. The van der Waals surface area contributed by atoms with Crippen molar-refractivity contribution in [2.75, 3.05) is 0 Å². The van der Waals surface area contributed by atoms with Crippen molar-refractivity contribution in [3.8, 4) is 0 Å². The highest BCUT2D eigenvalue weighted by molar-refractivity contribution is 5.66. The molecule has 2 nitrogen and oxygen atoms in total. The Morgan fingerprint density at radius 1 is 0.789 bits per heavy atom. The summed E-state index contributed by atoms with van der Waals surface area (Å²) in [5.41, 5.74) is 0. The van der Waals surface area contributed by atoms with Crippen LogP contribution in [-0.2, 0) is 4.79 Å². The molecule has 19 heavy (non-hydrogen) atoms. The van der Waals surface area contributed by atoms with E-state index in [4.69, 9.17) is 5.11 Å². The van der Waals surface area contributed by atoms with E-state index in [1.165, 1.54) is 70.6 Å². The Kier molecular flexibility index (Phi) is 15.1. The minimum atomic E-state index is -0.657. The summed E-state index contributed by atoms with van der Waals surface area (Å²) < 4.78 is 0. The summed E-state index contributed by atoms with van der Waals surface area (Å²) in [6.45, 7) is 2.25. The van der Waals surface area contributed by atoms with E-state index in [2.05, 4.69) is 13.3 Å². The fraction of sp³-hybridized carbons (Fsp3) is 0.882. The van der Waals surface area contributed by atoms with Crippen molar-refractivity contribution in [2.45, 2.75) is 96.8 Å². The van der Waals surface area contributed by atoms with Crippen molar-refractivity contribution in [3.05, 3.63) is 6.42 Å². The monoisotopic (exact) mass is 269 g/mol. The molecule has 0 amide bonds. The van der Waals surface area contributed by atoms with Crippen LogP contribution >= 0.6 is 0 Å².